The van der Waals surface area contributed by atoms with E-state index in [1.54, 1.807) is 17.0 Å². The molecule has 1 atom stereocenters. The van der Waals surface area contributed by atoms with Crippen molar-refractivity contribution in [2.45, 2.75) is 25.2 Å². The molecule has 0 bridgehead atoms. The van der Waals surface area contributed by atoms with Gasteiger partial charge in [0, 0.05) is 31.7 Å². The van der Waals surface area contributed by atoms with Gasteiger partial charge in [-0.3, -0.25) is 9.52 Å². The highest BCUT2D eigenvalue weighted by Gasteiger charge is 2.27. The van der Waals surface area contributed by atoms with Crippen LogP contribution in [0.15, 0.2) is 41.3 Å². The fourth-order valence-corrected chi connectivity index (χ4v) is 4.86. The number of rotatable bonds is 11. The third kappa shape index (κ3) is 5.92. The van der Waals surface area contributed by atoms with Gasteiger partial charge >= 0.3 is 0 Å². The molecule has 2 aromatic rings. The first kappa shape index (κ1) is 25.6. The lowest BCUT2D eigenvalue weighted by Crippen LogP contribution is -2.36. The maximum Gasteiger partial charge on any atom is 0.261 e. The Morgan fingerprint density at radius 3 is 2.35 bits per heavy atom. The summed E-state index contributed by atoms with van der Waals surface area (Å²) in [6.07, 6.45) is 0.882. The van der Waals surface area contributed by atoms with E-state index < -0.39 is 10.0 Å². The van der Waals surface area contributed by atoms with Gasteiger partial charge in [0.15, 0.2) is 11.5 Å². The molecule has 1 aliphatic rings. The molecule has 1 saturated heterocycles. The Bertz CT molecular complexity index is 1080. The summed E-state index contributed by atoms with van der Waals surface area (Å²) in [6, 6.07) is 9.04. The van der Waals surface area contributed by atoms with Crippen LogP contribution in [-0.2, 0) is 14.8 Å². The molecule has 1 unspecified atom stereocenters. The Hall–Kier alpha value is -2.98. The highest BCUT2D eigenvalue weighted by Crippen LogP contribution is 2.35. The molecule has 34 heavy (non-hydrogen) atoms. The molecule has 1 amide bonds. The lowest BCUT2D eigenvalue weighted by atomic mass is 10.1. The van der Waals surface area contributed by atoms with Gasteiger partial charge in [-0.25, -0.2) is 8.42 Å². The van der Waals surface area contributed by atoms with Gasteiger partial charge in [-0.15, -0.1) is 0 Å². The van der Waals surface area contributed by atoms with Gasteiger partial charge in [0.05, 0.1) is 43.6 Å². The van der Waals surface area contributed by atoms with Crippen molar-refractivity contribution in [3.63, 3.8) is 0 Å². The molecular formula is C24H32N2O7S. The number of hydrogen-bond acceptors (Lipinski definition) is 7. The third-order valence-electron chi connectivity index (χ3n) is 5.61. The molecule has 1 heterocycles. The average molecular weight is 493 g/mol. The molecule has 1 N–H and O–H groups in total. The summed E-state index contributed by atoms with van der Waals surface area (Å²) in [5.41, 5.74) is 0.283. The van der Waals surface area contributed by atoms with Crippen molar-refractivity contribution in [2.24, 2.45) is 5.92 Å². The number of methoxy groups -OCH3 is 2. The molecule has 3 rings (SSSR count). The second kappa shape index (κ2) is 11.4. The number of nitrogens with one attached hydrogen (secondary N) is 1. The third-order valence-corrected chi connectivity index (χ3v) is 7.00. The zero-order chi connectivity index (χ0) is 24.7. The van der Waals surface area contributed by atoms with Gasteiger partial charge in [0.1, 0.15) is 5.75 Å². The molecule has 1 fully saturated rings. The molecule has 10 heteroatoms. The summed E-state index contributed by atoms with van der Waals surface area (Å²) >= 11 is 0. The second-order valence-corrected chi connectivity index (χ2v) is 9.52. The summed E-state index contributed by atoms with van der Waals surface area (Å²) in [6.45, 7) is 6.48. The summed E-state index contributed by atoms with van der Waals surface area (Å²) in [4.78, 5) is 15.3. The van der Waals surface area contributed by atoms with E-state index in [0.717, 1.165) is 6.42 Å². The van der Waals surface area contributed by atoms with Crippen molar-refractivity contribution in [3.8, 4) is 17.2 Å². The van der Waals surface area contributed by atoms with Crippen LogP contribution in [0, 0.1) is 5.92 Å². The van der Waals surface area contributed by atoms with Crippen molar-refractivity contribution in [3.05, 3.63) is 42.0 Å². The number of nitrogens with zero attached hydrogens (tertiary/aromatic N) is 1. The number of carbonyl (C=O) groups excluding carboxylic acids is 1. The van der Waals surface area contributed by atoms with Crippen molar-refractivity contribution >= 4 is 21.6 Å². The normalized spacial score (nSPS) is 15.6. The van der Waals surface area contributed by atoms with Crippen molar-refractivity contribution in [1.29, 1.82) is 0 Å². The number of ether oxygens (including phenoxy) is 4. The Balaban J connectivity index is 1.97. The number of hydrogen-bond donors (Lipinski definition) is 1. The minimum absolute atomic E-state index is 0.0413. The quantitative estimate of drug-likeness (QED) is 0.513. The molecule has 0 aliphatic carbocycles. The number of sulfonamides is 1. The highest BCUT2D eigenvalue weighted by atomic mass is 32.2. The van der Waals surface area contributed by atoms with Crippen LogP contribution in [0.2, 0.25) is 0 Å². The molecule has 186 valence electrons. The molecule has 0 radical (unpaired) electrons. The first-order chi connectivity index (χ1) is 16.3. The summed E-state index contributed by atoms with van der Waals surface area (Å²) in [5.74, 6) is 1.14. The SMILES string of the molecule is CCOc1ccc(S(=O)(=O)Nc2cc(OC)c(OC)cc2C(=O)N(CC)CC2CCOC2)cc1. The first-order valence-electron chi connectivity index (χ1n) is 11.2. The van der Waals surface area contributed by atoms with E-state index in [4.69, 9.17) is 18.9 Å². The smallest absolute Gasteiger partial charge is 0.261 e. The van der Waals surface area contributed by atoms with Crippen molar-refractivity contribution in [1.82, 2.24) is 4.90 Å². The first-order valence-corrected chi connectivity index (χ1v) is 12.7. The molecule has 1 aliphatic heterocycles. The molecule has 2 aromatic carbocycles. The molecule has 9 nitrogen and oxygen atoms in total. The van der Waals surface area contributed by atoms with Crippen molar-refractivity contribution in [2.75, 3.05) is 51.9 Å². The van der Waals surface area contributed by atoms with Gasteiger partial charge in [-0.1, -0.05) is 0 Å². The van der Waals surface area contributed by atoms with E-state index in [1.807, 2.05) is 13.8 Å². The Labute approximate surface area is 201 Å². The predicted octanol–water partition coefficient (Wildman–Crippen LogP) is 3.40. The summed E-state index contributed by atoms with van der Waals surface area (Å²) < 4.78 is 50.4. The summed E-state index contributed by atoms with van der Waals surface area (Å²) in [7, 11) is -1.08. The van der Waals surface area contributed by atoms with E-state index in [1.165, 1.54) is 38.5 Å². The monoisotopic (exact) mass is 492 g/mol. The van der Waals surface area contributed by atoms with E-state index in [-0.39, 0.29) is 28.0 Å². The van der Waals surface area contributed by atoms with Crippen LogP contribution < -0.4 is 18.9 Å². The Morgan fingerprint density at radius 1 is 1.12 bits per heavy atom. The van der Waals surface area contributed by atoms with E-state index >= 15 is 0 Å². The lowest BCUT2D eigenvalue weighted by molar-refractivity contribution is 0.0731. The minimum Gasteiger partial charge on any atom is -0.494 e. The van der Waals surface area contributed by atoms with Gasteiger partial charge < -0.3 is 23.8 Å². The topological polar surface area (TPSA) is 103 Å². The van der Waals surface area contributed by atoms with Gasteiger partial charge in [-0.05, 0) is 50.6 Å². The average Bonchev–Trinajstić information content (AvgIpc) is 3.35. The number of benzene rings is 2. The zero-order valence-corrected chi connectivity index (χ0v) is 20.8. The molecule has 0 saturated carbocycles. The van der Waals surface area contributed by atoms with Crippen LogP contribution in [0.1, 0.15) is 30.6 Å². The molecular weight excluding hydrogens is 460 g/mol. The fraction of sp³-hybridized carbons (Fsp3) is 0.458. The number of anilines is 1. The second-order valence-electron chi connectivity index (χ2n) is 7.84. The molecule has 0 aromatic heterocycles. The largest absolute Gasteiger partial charge is 0.494 e. The highest BCUT2D eigenvalue weighted by molar-refractivity contribution is 7.92. The Kier molecular flexibility index (Phi) is 8.62. The zero-order valence-electron chi connectivity index (χ0n) is 20.0. The maximum atomic E-state index is 13.5. The van der Waals surface area contributed by atoms with Crippen LogP contribution in [0.4, 0.5) is 5.69 Å². The standard InChI is InChI=1S/C24H32N2O7S/c1-5-26(15-17-11-12-32-16-17)24(27)20-13-22(30-3)23(31-4)14-21(20)25-34(28,29)19-9-7-18(8-10-19)33-6-2/h7-10,13-14,17,25H,5-6,11-12,15-16H2,1-4H3. The van der Waals surface area contributed by atoms with E-state index in [0.29, 0.717) is 50.2 Å². The maximum absolute atomic E-state index is 13.5. The summed E-state index contributed by atoms with van der Waals surface area (Å²) in [5, 5.41) is 0. The van der Waals surface area contributed by atoms with Gasteiger partial charge in [-0.2, -0.15) is 0 Å². The lowest BCUT2D eigenvalue weighted by Gasteiger charge is -2.25. The van der Waals surface area contributed by atoms with Crippen LogP contribution in [0.25, 0.3) is 0 Å². The van der Waals surface area contributed by atoms with Crippen LogP contribution in [0.3, 0.4) is 0 Å². The van der Waals surface area contributed by atoms with Crippen LogP contribution >= 0.6 is 0 Å². The van der Waals surface area contributed by atoms with Crippen LogP contribution in [0.5, 0.6) is 17.2 Å². The fourth-order valence-electron chi connectivity index (χ4n) is 3.79. The van der Waals surface area contributed by atoms with Crippen LogP contribution in [-0.4, -0.2) is 66.4 Å². The number of carbonyl (C=O) groups is 1. The minimum atomic E-state index is -3.99. The van der Waals surface area contributed by atoms with Gasteiger partial charge in [0.25, 0.3) is 15.9 Å². The van der Waals surface area contributed by atoms with Crippen molar-refractivity contribution < 1.29 is 32.2 Å². The predicted molar refractivity (Wildman–Crippen MR) is 128 cm³/mol. The van der Waals surface area contributed by atoms with E-state index in [2.05, 4.69) is 4.72 Å². The molecule has 0 spiro atoms. The van der Waals surface area contributed by atoms with Gasteiger partial charge in [0.2, 0.25) is 0 Å². The number of amides is 1. The Morgan fingerprint density at radius 2 is 1.79 bits per heavy atom. The van der Waals surface area contributed by atoms with E-state index in [9.17, 15) is 13.2 Å².